The van der Waals surface area contributed by atoms with Crippen molar-refractivity contribution in [3.63, 3.8) is 0 Å². The van der Waals surface area contributed by atoms with Gasteiger partial charge in [-0.15, -0.1) is 0 Å². The van der Waals surface area contributed by atoms with Gasteiger partial charge in [-0.1, -0.05) is 49.0 Å². The maximum atomic E-state index is 4.69. The number of nitrogens with zero attached hydrogens (tertiary/aromatic N) is 2. The minimum atomic E-state index is 0.244. The molecule has 1 atom stereocenters. The molecule has 1 saturated heterocycles. The lowest BCUT2D eigenvalue weighted by atomic mass is 10.0. The van der Waals surface area contributed by atoms with Crippen LogP contribution in [0.25, 0.3) is 0 Å². The van der Waals surface area contributed by atoms with Crippen molar-refractivity contribution in [3.05, 3.63) is 35.9 Å². The SMILES string of the molecule is CCC1(C)CSC(=NCCCN(C)Cc2ccccc2)N1. The fourth-order valence-corrected chi connectivity index (χ4v) is 3.56. The molecule has 1 fully saturated rings. The molecule has 0 amide bonds. The van der Waals surface area contributed by atoms with Crippen LogP contribution in [0, 0.1) is 0 Å². The molecule has 1 aromatic rings. The Bertz CT molecular complexity index is 460. The average molecular weight is 305 g/mol. The molecule has 4 heteroatoms. The summed E-state index contributed by atoms with van der Waals surface area (Å²) < 4.78 is 0. The topological polar surface area (TPSA) is 27.6 Å². The number of benzene rings is 1. The first-order chi connectivity index (χ1) is 10.1. The normalized spacial score (nSPS) is 23.7. The summed E-state index contributed by atoms with van der Waals surface area (Å²) in [5, 5.41) is 4.67. The molecule has 2 rings (SSSR count). The number of aliphatic imine (C=N–C) groups is 1. The first kappa shape index (κ1) is 16.4. The van der Waals surface area contributed by atoms with Crippen molar-refractivity contribution in [2.75, 3.05) is 25.9 Å². The van der Waals surface area contributed by atoms with Crippen molar-refractivity contribution in [3.8, 4) is 0 Å². The Balaban J connectivity index is 1.66. The second-order valence-electron chi connectivity index (χ2n) is 6.09. The molecular formula is C17H27N3S. The van der Waals surface area contributed by atoms with Gasteiger partial charge in [0.2, 0.25) is 0 Å². The molecular weight excluding hydrogens is 278 g/mol. The Morgan fingerprint density at radius 3 is 2.76 bits per heavy atom. The molecule has 1 unspecified atom stereocenters. The van der Waals surface area contributed by atoms with E-state index in [1.54, 1.807) is 0 Å². The van der Waals surface area contributed by atoms with E-state index in [9.17, 15) is 0 Å². The zero-order valence-electron chi connectivity index (χ0n) is 13.4. The number of hydrogen-bond acceptors (Lipinski definition) is 3. The van der Waals surface area contributed by atoms with Crippen LogP contribution in [-0.2, 0) is 6.54 Å². The van der Waals surface area contributed by atoms with E-state index in [0.717, 1.165) is 43.4 Å². The van der Waals surface area contributed by atoms with Crippen LogP contribution in [-0.4, -0.2) is 41.5 Å². The van der Waals surface area contributed by atoms with Crippen molar-refractivity contribution in [1.82, 2.24) is 10.2 Å². The van der Waals surface area contributed by atoms with E-state index in [-0.39, 0.29) is 5.54 Å². The van der Waals surface area contributed by atoms with Crippen LogP contribution in [0.1, 0.15) is 32.3 Å². The van der Waals surface area contributed by atoms with Gasteiger partial charge in [-0.2, -0.15) is 0 Å². The highest BCUT2D eigenvalue weighted by Crippen LogP contribution is 2.25. The van der Waals surface area contributed by atoms with Crippen molar-refractivity contribution in [2.24, 2.45) is 4.99 Å². The summed E-state index contributed by atoms with van der Waals surface area (Å²) in [4.78, 5) is 7.05. The average Bonchev–Trinajstić information content (AvgIpc) is 2.87. The second kappa shape index (κ2) is 7.85. The third-order valence-electron chi connectivity index (χ3n) is 3.97. The van der Waals surface area contributed by atoms with E-state index in [1.165, 1.54) is 5.56 Å². The van der Waals surface area contributed by atoms with Crippen LogP contribution in [0.4, 0.5) is 0 Å². The Labute approximate surface area is 133 Å². The van der Waals surface area contributed by atoms with Gasteiger partial charge in [0.05, 0.1) is 0 Å². The summed E-state index contributed by atoms with van der Waals surface area (Å²) in [5.74, 6) is 1.14. The Kier molecular flexibility index (Phi) is 6.12. The van der Waals surface area contributed by atoms with E-state index < -0.39 is 0 Å². The van der Waals surface area contributed by atoms with Crippen LogP contribution >= 0.6 is 11.8 Å². The zero-order chi connectivity index (χ0) is 15.1. The van der Waals surface area contributed by atoms with Gasteiger partial charge in [0.1, 0.15) is 0 Å². The molecule has 1 N–H and O–H groups in total. The Morgan fingerprint density at radius 2 is 2.10 bits per heavy atom. The van der Waals surface area contributed by atoms with Gasteiger partial charge in [0, 0.05) is 24.4 Å². The summed E-state index contributed by atoms with van der Waals surface area (Å²) >= 11 is 1.86. The molecule has 1 aromatic carbocycles. The monoisotopic (exact) mass is 305 g/mol. The highest BCUT2D eigenvalue weighted by Gasteiger charge is 2.30. The fraction of sp³-hybridized carbons (Fsp3) is 0.588. The maximum absolute atomic E-state index is 4.69. The van der Waals surface area contributed by atoms with Gasteiger partial charge in [-0.25, -0.2) is 0 Å². The summed E-state index contributed by atoms with van der Waals surface area (Å²) in [5.41, 5.74) is 1.62. The van der Waals surface area contributed by atoms with E-state index in [2.05, 4.69) is 66.4 Å². The van der Waals surface area contributed by atoms with Gasteiger partial charge in [0.25, 0.3) is 0 Å². The van der Waals surface area contributed by atoms with Crippen molar-refractivity contribution >= 4 is 16.9 Å². The number of hydrogen-bond donors (Lipinski definition) is 1. The summed E-state index contributed by atoms with van der Waals surface area (Å²) in [6.07, 6.45) is 2.26. The highest BCUT2D eigenvalue weighted by atomic mass is 32.2. The predicted octanol–water partition coefficient (Wildman–Crippen LogP) is 3.37. The van der Waals surface area contributed by atoms with Gasteiger partial charge in [0.15, 0.2) is 5.17 Å². The van der Waals surface area contributed by atoms with Gasteiger partial charge in [-0.05, 0) is 38.9 Å². The van der Waals surface area contributed by atoms with Crippen molar-refractivity contribution in [1.29, 1.82) is 0 Å². The second-order valence-corrected chi connectivity index (χ2v) is 7.06. The standard InChI is InChI=1S/C17H27N3S/c1-4-17(2)14-21-16(19-17)18-11-8-12-20(3)13-15-9-6-5-7-10-15/h5-7,9-10H,4,8,11-14H2,1-3H3,(H,18,19). The molecule has 0 spiro atoms. The maximum Gasteiger partial charge on any atom is 0.157 e. The van der Waals surface area contributed by atoms with Gasteiger partial charge in [-0.3, -0.25) is 4.99 Å². The third kappa shape index (κ3) is 5.36. The summed E-state index contributed by atoms with van der Waals surface area (Å²) in [6, 6.07) is 10.6. The van der Waals surface area contributed by atoms with Crippen LogP contribution in [0.15, 0.2) is 35.3 Å². The smallest absolute Gasteiger partial charge is 0.157 e. The molecule has 0 aliphatic carbocycles. The van der Waals surface area contributed by atoms with E-state index >= 15 is 0 Å². The quantitative estimate of drug-likeness (QED) is 0.783. The molecule has 21 heavy (non-hydrogen) atoms. The first-order valence-corrected chi connectivity index (χ1v) is 8.78. The van der Waals surface area contributed by atoms with Crippen LogP contribution in [0.5, 0.6) is 0 Å². The van der Waals surface area contributed by atoms with Crippen LogP contribution in [0.2, 0.25) is 0 Å². The molecule has 0 bridgehead atoms. The molecule has 0 saturated carbocycles. The highest BCUT2D eigenvalue weighted by molar-refractivity contribution is 8.14. The Morgan fingerprint density at radius 1 is 1.33 bits per heavy atom. The lowest BCUT2D eigenvalue weighted by Crippen LogP contribution is -2.39. The number of nitrogens with one attached hydrogen (secondary N) is 1. The molecule has 1 aliphatic heterocycles. The van der Waals surface area contributed by atoms with E-state index in [0.29, 0.717) is 0 Å². The number of amidine groups is 1. The van der Waals surface area contributed by atoms with E-state index in [4.69, 9.17) is 0 Å². The molecule has 0 aromatic heterocycles. The minimum absolute atomic E-state index is 0.244. The zero-order valence-corrected chi connectivity index (χ0v) is 14.2. The van der Waals surface area contributed by atoms with Gasteiger partial charge >= 0.3 is 0 Å². The Hall–Kier alpha value is -1.00. The lowest BCUT2D eigenvalue weighted by Gasteiger charge is -2.20. The number of rotatable bonds is 7. The molecule has 116 valence electrons. The molecule has 0 radical (unpaired) electrons. The van der Waals surface area contributed by atoms with E-state index in [1.807, 2.05) is 11.8 Å². The number of thioether (sulfide) groups is 1. The van der Waals surface area contributed by atoms with Crippen LogP contribution in [0.3, 0.4) is 0 Å². The fourth-order valence-electron chi connectivity index (χ4n) is 2.33. The molecule has 1 aliphatic rings. The first-order valence-electron chi connectivity index (χ1n) is 7.79. The largest absolute Gasteiger partial charge is 0.359 e. The van der Waals surface area contributed by atoms with Gasteiger partial charge < -0.3 is 10.2 Å². The third-order valence-corrected chi connectivity index (χ3v) is 5.25. The van der Waals surface area contributed by atoms with Crippen molar-refractivity contribution in [2.45, 2.75) is 38.8 Å². The summed E-state index contributed by atoms with van der Waals surface area (Å²) in [7, 11) is 2.18. The summed E-state index contributed by atoms with van der Waals surface area (Å²) in [6.45, 7) is 7.51. The lowest BCUT2D eigenvalue weighted by molar-refractivity contribution is 0.324. The van der Waals surface area contributed by atoms with Crippen molar-refractivity contribution < 1.29 is 0 Å². The minimum Gasteiger partial charge on any atom is -0.359 e. The molecule has 3 nitrogen and oxygen atoms in total. The van der Waals surface area contributed by atoms with Crippen LogP contribution < -0.4 is 5.32 Å². The predicted molar refractivity (Wildman–Crippen MR) is 94.0 cm³/mol. The molecule has 1 heterocycles.